The molecule has 1 aromatic carbocycles. The average molecular weight is 271 g/mol. The standard InChI is InChI=1S/C18H25NO/c1-4-5-6-7-8-9-14-20-17(3)19-15-18-12-10-16(2)11-13-18/h1,10-13,19H,3,5-9,14-15H2,2H3. The van der Waals surface area contributed by atoms with Crippen molar-refractivity contribution in [3.8, 4) is 12.3 Å². The first-order valence-electron chi connectivity index (χ1n) is 7.27. The molecule has 0 aliphatic rings. The lowest BCUT2D eigenvalue weighted by molar-refractivity contribution is 0.185. The van der Waals surface area contributed by atoms with Gasteiger partial charge < -0.3 is 10.1 Å². The lowest BCUT2D eigenvalue weighted by Crippen LogP contribution is -2.14. The van der Waals surface area contributed by atoms with Crippen LogP contribution in [0, 0.1) is 19.3 Å². The number of terminal acetylenes is 1. The van der Waals surface area contributed by atoms with Gasteiger partial charge in [-0.25, -0.2) is 0 Å². The summed E-state index contributed by atoms with van der Waals surface area (Å²) >= 11 is 0. The number of rotatable bonds is 10. The van der Waals surface area contributed by atoms with Gasteiger partial charge in [0.15, 0.2) is 5.88 Å². The fourth-order valence-corrected chi connectivity index (χ4v) is 1.84. The normalized spacial score (nSPS) is 9.80. The van der Waals surface area contributed by atoms with E-state index in [2.05, 4.69) is 49.0 Å². The van der Waals surface area contributed by atoms with Crippen molar-refractivity contribution in [3.05, 3.63) is 47.9 Å². The summed E-state index contributed by atoms with van der Waals surface area (Å²) in [6.45, 7) is 7.43. The molecular weight excluding hydrogens is 246 g/mol. The smallest absolute Gasteiger partial charge is 0.179 e. The Morgan fingerprint density at radius 2 is 1.90 bits per heavy atom. The van der Waals surface area contributed by atoms with Gasteiger partial charge in [0.2, 0.25) is 0 Å². The molecule has 0 saturated carbocycles. The Balaban J connectivity index is 2.03. The molecular formula is C18H25NO. The summed E-state index contributed by atoms with van der Waals surface area (Å²) in [6, 6.07) is 8.44. The molecule has 1 N–H and O–H groups in total. The van der Waals surface area contributed by atoms with Gasteiger partial charge in [0.1, 0.15) is 0 Å². The largest absolute Gasteiger partial charge is 0.480 e. The Labute approximate surface area is 123 Å². The molecule has 0 radical (unpaired) electrons. The van der Waals surface area contributed by atoms with E-state index in [-0.39, 0.29) is 0 Å². The zero-order chi connectivity index (χ0) is 14.6. The number of ether oxygens (including phenoxy) is 1. The van der Waals surface area contributed by atoms with E-state index in [0.29, 0.717) is 5.88 Å². The van der Waals surface area contributed by atoms with Crippen LogP contribution in [-0.2, 0) is 11.3 Å². The van der Waals surface area contributed by atoms with Crippen LogP contribution in [0.2, 0.25) is 0 Å². The number of benzene rings is 1. The number of aryl methyl sites for hydroxylation is 1. The van der Waals surface area contributed by atoms with E-state index < -0.39 is 0 Å². The van der Waals surface area contributed by atoms with Crippen molar-refractivity contribution in [2.24, 2.45) is 0 Å². The lowest BCUT2D eigenvalue weighted by atomic mass is 10.1. The molecule has 0 spiro atoms. The molecule has 0 aliphatic heterocycles. The molecule has 2 nitrogen and oxygen atoms in total. The van der Waals surface area contributed by atoms with Crippen molar-refractivity contribution in [1.82, 2.24) is 5.32 Å². The van der Waals surface area contributed by atoms with Gasteiger partial charge in [-0.1, -0.05) is 42.7 Å². The molecule has 2 heteroatoms. The number of unbranched alkanes of at least 4 members (excludes halogenated alkanes) is 4. The fourth-order valence-electron chi connectivity index (χ4n) is 1.84. The molecule has 0 aliphatic carbocycles. The molecule has 0 fully saturated rings. The van der Waals surface area contributed by atoms with Crippen molar-refractivity contribution in [2.75, 3.05) is 6.61 Å². The average Bonchev–Trinajstić information content (AvgIpc) is 2.46. The van der Waals surface area contributed by atoms with Gasteiger partial charge in [0, 0.05) is 13.0 Å². The van der Waals surface area contributed by atoms with Crippen LogP contribution in [0.25, 0.3) is 0 Å². The van der Waals surface area contributed by atoms with Crippen LogP contribution in [0.15, 0.2) is 36.7 Å². The van der Waals surface area contributed by atoms with E-state index >= 15 is 0 Å². The van der Waals surface area contributed by atoms with E-state index in [4.69, 9.17) is 11.2 Å². The summed E-state index contributed by atoms with van der Waals surface area (Å²) in [5.74, 6) is 3.30. The summed E-state index contributed by atoms with van der Waals surface area (Å²) in [5.41, 5.74) is 2.50. The highest BCUT2D eigenvalue weighted by molar-refractivity contribution is 5.21. The highest BCUT2D eigenvalue weighted by Gasteiger charge is 1.96. The Hall–Kier alpha value is -1.88. The first-order valence-corrected chi connectivity index (χ1v) is 7.27. The molecule has 0 unspecified atom stereocenters. The quantitative estimate of drug-likeness (QED) is 0.392. The molecule has 1 rings (SSSR count). The van der Waals surface area contributed by atoms with Crippen molar-refractivity contribution in [3.63, 3.8) is 0 Å². The van der Waals surface area contributed by atoms with Gasteiger partial charge in [-0.05, 0) is 31.9 Å². The molecule has 0 bridgehead atoms. The van der Waals surface area contributed by atoms with Gasteiger partial charge in [0.25, 0.3) is 0 Å². The Morgan fingerprint density at radius 3 is 2.60 bits per heavy atom. The Morgan fingerprint density at radius 1 is 1.20 bits per heavy atom. The minimum absolute atomic E-state index is 0.647. The molecule has 0 saturated heterocycles. The van der Waals surface area contributed by atoms with Crippen LogP contribution in [0.1, 0.15) is 43.2 Å². The van der Waals surface area contributed by atoms with Crippen LogP contribution in [0.3, 0.4) is 0 Å². The third-order valence-electron chi connectivity index (χ3n) is 3.10. The van der Waals surface area contributed by atoms with Crippen molar-refractivity contribution in [2.45, 2.75) is 45.6 Å². The zero-order valence-corrected chi connectivity index (χ0v) is 12.5. The zero-order valence-electron chi connectivity index (χ0n) is 12.5. The predicted molar refractivity (Wildman–Crippen MR) is 85.0 cm³/mol. The first-order chi connectivity index (χ1) is 9.72. The van der Waals surface area contributed by atoms with Crippen LogP contribution in [0.4, 0.5) is 0 Å². The van der Waals surface area contributed by atoms with Crippen molar-refractivity contribution in [1.29, 1.82) is 0 Å². The number of hydrogen-bond acceptors (Lipinski definition) is 2. The molecule has 1 aromatic rings. The lowest BCUT2D eigenvalue weighted by Gasteiger charge is -2.11. The topological polar surface area (TPSA) is 21.3 Å². The maximum Gasteiger partial charge on any atom is 0.179 e. The minimum atomic E-state index is 0.647. The summed E-state index contributed by atoms with van der Waals surface area (Å²) < 4.78 is 5.55. The van der Waals surface area contributed by atoms with Crippen molar-refractivity contribution < 1.29 is 4.74 Å². The number of nitrogens with one attached hydrogen (secondary N) is 1. The second kappa shape index (κ2) is 9.97. The fraction of sp³-hybridized carbons (Fsp3) is 0.444. The monoisotopic (exact) mass is 271 g/mol. The summed E-state index contributed by atoms with van der Waals surface area (Å²) in [5, 5.41) is 3.19. The van der Waals surface area contributed by atoms with E-state index in [1.165, 1.54) is 17.5 Å². The van der Waals surface area contributed by atoms with Gasteiger partial charge in [-0.2, -0.15) is 0 Å². The molecule has 0 aromatic heterocycles. The van der Waals surface area contributed by atoms with Gasteiger partial charge in [-0.15, -0.1) is 12.3 Å². The highest BCUT2D eigenvalue weighted by Crippen LogP contribution is 2.05. The summed E-state index contributed by atoms with van der Waals surface area (Å²) in [4.78, 5) is 0. The molecule has 108 valence electrons. The maximum atomic E-state index is 5.55. The van der Waals surface area contributed by atoms with E-state index in [1.807, 2.05) is 0 Å². The Kier molecular flexibility index (Phi) is 8.07. The third kappa shape index (κ3) is 7.53. The van der Waals surface area contributed by atoms with E-state index in [9.17, 15) is 0 Å². The van der Waals surface area contributed by atoms with E-state index in [1.54, 1.807) is 0 Å². The minimum Gasteiger partial charge on any atom is -0.480 e. The van der Waals surface area contributed by atoms with Gasteiger partial charge >= 0.3 is 0 Å². The predicted octanol–water partition coefficient (Wildman–Crippen LogP) is 4.16. The van der Waals surface area contributed by atoms with Gasteiger partial charge in [0.05, 0.1) is 6.61 Å². The molecule has 20 heavy (non-hydrogen) atoms. The molecule has 0 amide bonds. The molecule has 0 heterocycles. The summed E-state index contributed by atoms with van der Waals surface area (Å²) in [6.07, 6.45) is 10.6. The first kappa shape index (κ1) is 16.2. The summed E-state index contributed by atoms with van der Waals surface area (Å²) in [7, 11) is 0. The van der Waals surface area contributed by atoms with Crippen LogP contribution >= 0.6 is 0 Å². The third-order valence-corrected chi connectivity index (χ3v) is 3.10. The van der Waals surface area contributed by atoms with Crippen LogP contribution in [0.5, 0.6) is 0 Å². The Bertz CT molecular complexity index is 428. The van der Waals surface area contributed by atoms with Crippen molar-refractivity contribution >= 4 is 0 Å². The van der Waals surface area contributed by atoms with Crippen LogP contribution in [-0.4, -0.2) is 6.61 Å². The second-order valence-corrected chi connectivity index (χ2v) is 4.98. The highest BCUT2D eigenvalue weighted by atomic mass is 16.5. The van der Waals surface area contributed by atoms with E-state index in [0.717, 1.165) is 38.8 Å². The maximum absolute atomic E-state index is 5.55. The SMILES string of the molecule is C#CCCCCCCOC(=C)NCc1ccc(C)cc1. The second-order valence-electron chi connectivity index (χ2n) is 4.98. The van der Waals surface area contributed by atoms with Crippen LogP contribution < -0.4 is 5.32 Å². The molecule has 0 atom stereocenters. The number of hydrogen-bond donors (Lipinski definition) is 1. The van der Waals surface area contributed by atoms with Gasteiger partial charge in [-0.3, -0.25) is 0 Å².